The maximum atomic E-state index is 6.27. The third kappa shape index (κ3) is 2.85. The van der Waals surface area contributed by atoms with Crippen molar-refractivity contribution in [2.24, 2.45) is 5.73 Å². The smallest absolute Gasteiger partial charge is 0.231 e. The van der Waals surface area contributed by atoms with E-state index in [1.54, 1.807) is 0 Å². The number of aryl methyl sites for hydroxylation is 1. The first-order valence-electron chi connectivity index (χ1n) is 8.39. The van der Waals surface area contributed by atoms with Crippen LogP contribution in [-0.2, 0) is 12.0 Å². The van der Waals surface area contributed by atoms with Gasteiger partial charge in [0.15, 0.2) is 5.82 Å². The maximum Gasteiger partial charge on any atom is 0.231 e. The Morgan fingerprint density at radius 3 is 2.60 bits per heavy atom. The highest BCUT2D eigenvalue weighted by atomic mass is 35.5. The first-order chi connectivity index (χ1) is 12.0. The number of halogens is 1. The van der Waals surface area contributed by atoms with Crippen molar-refractivity contribution in [1.29, 1.82) is 0 Å². The zero-order chi connectivity index (χ0) is 17.6. The van der Waals surface area contributed by atoms with Crippen molar-refractivity contribution in [2.45, 2.75) is 45.1 Å². The van der Waals surface area contributed by atoms with Gasteiger partial charge in [0.2, 0.25) is 5.89 Å². The van der Waals surface area contributed by atoms with E-state index >= 15 is 0 Å². The molecule has 2 N–H and O–H groups in total. The molecule has 0 unspecified atom stereocenters. The molecule has 1 aliphatic carbocycles. The zero-order valence-corrected chi connectivity index (χ0v) is 15.0. The number of rotatable bonds is 4. The van der Waals surface area contributed by atoms with Crippen molar-refractivity contribution in [2.75, 3.05) is 0 Å². The fourth-order valence-corrected chi connectivity index (χ4v) is 3.35. The van der Waals surface area contributed by atoms with Crippen LogP contribution in [0.3, 0.4) is 0 Å². The second kappa shape index (κ2) is 5.97. The van der Waals surface area contributed by atoms with Crippen LogP contribution in [0.5, 0.6) is 0 Å². The van der Waals surface area contributed by atoms with E-state index in [1.165, 1.54) is 0 Å². The van der Waals surface area contributed by atoms with Gasteiger partial charge in [0.05, 0.1) is 23.3 Å². The average Bonchev–Trinajstić information content (AvgIpc) is 3.14. The monoisotopic (exact) mass is 357 g/mol. The van der Waals surface area contributed by atoms with Crippen molar-refractivity contribution in [3.63, 3.8) is 0 Å². The standard InChI is InChI=1S/C18H20ClN5O/c1-11-15(10-16-21-17(23-25-16)18(20)8-3-9-18)12(2)24(22-11)14-6-4-13(19)5-7-14/h4-7H,3,8-10,20H2,1-2H3. The number of aromatic nitrogens is 4. The molecule has 0 saturated heterocycles. The summed E-state index contributed by atoms with van der Waals surface area (Å²) in [6.45, 7) is 4.03. The quantitative estimate of drug-likeness (QED) is 0.773. The molecule has 1 aliphatic rings. The van der Waals surface area contributed by atoms with Crippen molar-refractivity contribution < 1.29 is 4.52 Å². The summed E-state index contributed by atoms with van der Waals surface area (Å²) in [7, 11) is 0. The van der Waals surface area contributed by atoms with Gasteiger partial charge >= 0.3 is 0 Å². The van der Waals surface area contributed by atoms with Gasteiger partial charge in [-0.2, -0.15) is 10.1 Å². The molecule has 25 heavy (non-hydrogen) atoms. The molecule has 1 fully saturated rings. The molecule has 0 radical (unpaired) electrons. The van der Waals surface area contributed by atoms with Gasteiger partial charge in [-0.05, 0) is 57.4 Å². The van der Waals surface area contributed by atoms with Crippen LogP contribution in [0.15, 0.2) is 28.8 Å². The number of nitrogens with two attached hydrogens (primary N) is 1. The Hall–Kier alpha value is -2.18. The first-order valence-corrected chi connectivity index (χ1v) is 8.77. The number of hydrogen-bond donors (Lipinski definition) is 1. The molecule has 2 heterocycles. The number of hydrogen-bond acceptors (Lipinski definition) is 5. The predicted octanol–water partition coefficient (Wildman–Crippen LogP) is 3.45. The fourth-order valence-electron chi connectivity index (χ4n) is 3.23. The third-order valence-corrected chi connectivity index (χ3v) is 5.25. The summed E-state index contributed by atoms with van der Waals surface area (Å²) in [6, 6.07) is 7.61. The Kier molecular flexibility index (Phi) is 3.89. The van der Waals surface area contributed by atoms with E-state index in [2.05, 4.69) is 15.2 Å². The summed E-state index contributed by atoms with van der Waals surface area (Å²) < 4.78 is 7.35. The van der Waals surface area contributed by atoms with E-state index < -0.39 is 5.54 Å². The minimum absolute atomic E-state index is 0.403. The van der Waals surface area contributed by atoms with Gasteiger partial charge in [0, 0.05) is 16.3 Å². The van der Waals surface area contributed by atoms with Gasteiger partial charge in [0.25, 0.3) is 0 Å². The molecule has 0 bridgehead atoms. The summed E-state index contributed by atoms with van der Waals surface area (Å²) in [4.78, 5) is 4.52. The average molecular weight is 358 g/mol. The van der Waals surface area contributed by atoms with Crippen LogP contribution in [0.25, 0.3) is 5.69 Å². The van der Waals surface area contributed by atoms with Gasteiger partial charge in [-0.25, -0.2) is 4.68 Å². The summed E-state index contributed by atoms with van der Waals surface area (Å²) >= 11 is 5.97. The number of benzene rings is 1. The van der Waals surface area contributed by atoms with Crippen LogP contribution in [0.4, 0.5) is 0 Å². The van der Waals surface area contributed by atoms with E-state index in [0.717, 1.165) is 41.9 Å². The molecule has 2 aromatic heterocycles. The van der Waals surface area contributed by atoms with Gasteiger partial charge < -0.3 is 10.3 Å². The summed E-state index contributed by atoms with van der Waals surface area (Å²) in [5.41, 5.74) is 9.92. The van der Waals surface area contributed by atoms with Crippen LogP contribution in [0.1, 0.15) is 47.9 Å². The van der Waals surface area contributed by atoms with Crippen molar-refractivity contribution in [3.05, 3.63) is 58.0 Å². The topological polar surface area (TPSA) is 82.8 Å². The molecule has 0 amide bonds. The van der Waals surface area contributed by atoms with E-state index in [0.29, 0.717) is 23.2 Å². The minimum atomic E-state index is -0.403. The highest BCUT2D eigenvalue weighted by molar-refractivity contribution is 6.30. The Bertz CT molecular complexity index is 908. The Balaban J connectivity index is 1.62. The molecule has 130 valence electrons. The highest BCUT2D eigenvalue weighted by Crippen LogP contribution is 2.37. The predicted molar refractivity (Wildman–Crippen MR) is 94.9 cm³/mol. The van der Waals surface area contributed by atoms with E-state index in [9.17, 15) is 0 Å². The molecule has 3 aromatic rings. The molecule has 0 aliphatic heterocycles. The second-order valence-corrected chi connectivity index (χ2v) is 7.17. The lowest BCUT2D eigenvalue weighted by Crippen LogP contribution is -2.44. The Morgan fingerprint density at radius 2 is 1.96 bits per heavy atom. The largest absolute Gasteiger partial charge is 0.339 e. The molecule has 1 aromatic carbocycles. The van der Waals surface area contributed by atoms with Crippen LogP contribution in [0, 0.1) is 13.8 Å². The highest BCUT2D eigenvalue weighted by Gasteiger charge is 2.39. The van der Waals surface area contributed by atoms with Crippen LogP contribution < -0.4 is 5.73 Å². The summed E-state index contributed by atoms with van der Waals surface area (Å²) in [5, 5.41) is 9.44. The van der Waals surface area contributed by atoms with Crippen molar-refractivity contribution in [3.8, 4) is 5.69 Å². The second-order valence-electron chi connectivity index (χ2n) is 6.74. The summed E-state index contributed by atoms with van der Waals surface area (Å²) in [5.74, 6) is 1.20. The minimum Gasteiger partial charge on any atom is -0.339 e. The molecule has 6 nitrogen and oxygen atoms in total. The SMILES string of the molecule is Cc1nn(-c2ccc(Cl)cc2)c(C)c1Cc1nc(C2(N)CCC2)no1. The van der Waals surface area contributed by atoms with E-state index in [4.69, 9.17) is 21.9 Å². The lowest BCUT2D eigenvalue weighted by atomic mass is 9.77. The van der Waals surface area contributed by atoms with E-state index in [-0.39, 0.29) is 0 Å². The lowest BCUT2D eigenvalue weighted by molar-refractivity contribution is 0.229. The van der Waals surface area contributed by atoms with Gasteiger partial charge in [-0.3, -0.25) is 0 Å². The molecule has 4 rings (SSSR count). The number of nitrogens with zero attached hydrogens (tertiary/aromatic N) is 4. The Labute approximate surface area is 151 Å². The van der Waals surface area contributed by atoms with Crippen molar-refractivity contribution in [1.82, 2.24) is 19.9 Å². The zero-order valence-electron chi connectivity index (χ0n) is 14.3. The molecule has 1 saturated carbocycles. The first kappa shape index (κ1) is 16.3. The third-order valence-electron chi connectivity index (χ3n) is 5.00. The Morgan fingerprint density at radius 1 is 1.24 bits per heavy atom. The van der Waals surface area contributed by atoms with Gasteiger partial charge in [-0.1, -0.05) is 16.8 Å². The summed E-state index contributed by atoms with van der Waals surface area (Å²) in [6.07, 6.45) is 3.50. The van der Waals surface area contributed by atoms with E-state index in [1.807, 2.05) is 42.8 Å². The molecular weight excluding hydrogens is 338 g/mol. The van der Waals surface area contributed by atoms with Crippen molar-refractivity contribution >= 4 is 11.6 Å². The molecule has 0 atom stereocenters. The molecule has 0 spiro atoms. The van der Waals surface area contributed by atoms with Crippen LogP contribution >= 0.6 is 11.6 Å². The van der Waals surface area contributed by atoms with Gasteiger partial charge in [0.1, 0.15) is 0 Å². The maximum absolute atomic E-state index is 6.27. The molecular formula is C18H20ClN5O. The normalized spacial score (nSPS) is 16.0. The lowest BCUT2D eigenvalue weighted by Gasteiger charge is -2.34. The molecule has 7 heteroatoms. The van der Waals surface area contributed by atoms with Crippen LogP contribution in [-0.4, -0.2) is 19.9 Å². The van der Waals surface area contributed by atoms with Gasteiger partial charge in [-0.15, -0.1) is 0 Å². The fraction of sp³-hybridized carbons (Fsp3) is 0.389. The van der Waals surface area contributed by atoms with Crippen LogP contribution in [0.2, 0.25) is 5.02 Å².